The Bertz CT molecular complexity index is 618. The van der Waals surface area contributed by atoms with Crippen LogP contribution >= 0.6 is 0 Å². The lowest BCUT2D eigenvalue weighted by atomic mass is 10.1. The van der Waals surface area contributed by atoms with E-state index in [9.17, 15) is 13.2 Å². The van der Waals surface area contributed by atoms with Crippen molar-refractivity contribution in [2.45, 2.75) is 38.7 Å². The van der Waals surface area contributed by atoms with Gasteiger partial charge in [-0.25, -0.2) is 0 Å². The number of nitrogens with zero attached hydrogens (tertiary/aromatic N) is 3. The maximum atomic E-state index is 12.5. The normalized spacial score (nSPS) is 18.9. The van der Waals surface area contributed by atoms with E-state index in [1.54, 1.807) is 7.05 Å². The molecule has 1 aromatic rings. The molecule has 152 valence electrons. The molecule has 1 heterocycles. The Balaban J connectivity index is 1.82. The van der Waals surface area contributed by atoms with Gasteiger partial charge in [0.2, 0.25) is 0 Å². The van der Waals surface area contributed by atoms with Gasteiger partial charge in [0.05, 0.1) is 6.54 Å². The number of halogens is 3. The summed E-state index contributed by atoms with van der Waals surface area (Å²) < 4.78 is 37.5. The summed E-state index contributed by atoms with van der Waals surface area (Å²) in [5, 5.41) is 6.48. The lowest BCUT2D eigenvalue weighted by Crippen LogP contribution is -2.44. The topological polar surface area (TPSA) is 42.9 Å². The second kappa shape index (κ2) is 9.94. The van der Waals surface area contributed by atoms with Crippen LogP contribution in [0.2, 0.25) is 0 Å². The van der Waals surface area contributed by atoms with E-state index in [4.69, 9.17) is 0 Å². The van der Waals surface area contributed by atoms with Crippen molar-refractivity contribution in [3.63, 3.8) is 0 Å². The van der Waals surface area contributed by atoms with Crippen LogP contribution in [0.4, 0.5) is 13.2 Å². The molecule has 1 fully saturated rings. The van der Waals surface area contributed by atoms with E-state index in [1.807, 2.05) is 6.07 Å². The number of benzene rings is 1. The van der Waals surface area contributed by atoms with Crippen molar-refractivity contribution in [2.75, 3.05) is 40.3 Å². The van der Waals surface area contributed by atoms with Gasteiger partial charge in [-0.05, 0) is 31.1 Å². The highest BCUT2D eigenvalue weighted by molar-refractivity contribution is 5.80. The molecule has 8 heteroatoms. The summed E-state index contributed by atoms with van der Waals surface area (Å²) in [6.07, 6.45) is -3.47. The Morgan fingerprint density at radius 3 is 2.74 bits per heavy atom. The number of nitrogens with one attached hydrogen (secondary N) is 2. The van der Waals surface area contributed by atoms with Crippen molar-refractivity contribution in [1.29, 1.82) is 0 Å². The van der Waals surface area contributed by atoms with Crippen LogP contribution in [0.25, 0.3) is 0 Å². The van der Waals surface area contributed by atoms with Crippen LogP contribution in [0.15, 0.2) is 29.3 Å². The Morgan fingerprint density at radius 1 is 1.33 bits per heavy atom. The predicted octanol–water partition coefficient (Wildman–Crippen LogP) is 2.44. The standard InChI is InChI=1S/C19H30F3N5/c1-4-26(3)12-16-7-5-6-15(10-16)11-24-18(23-2)25-17-8-9-27(13-17)14-19(20,21)22/h5-7,10,17H,4,8-9,11-14H2,1-3H3,(H2,23,24,25). The number of hydrogen-bond donors (Lipinski definition) is 2. The van der Waals surface area contributed by atoms with Gasteiger partial charge in [0.15, 0.2) is 5.96 Å². The highest BCUT2D eigenvalue weighted by atomic mass is 19.4. The number of hydrogen-bond acceptors (Lipinski definition) is 3. The molecule has 1 atom stereocenters. The fraction of sp³-hybridized carbons (Fsp3) is 0.632. The summed E-state index contributed by atoms with van der Waals surface area (Å²) in [5.41, 5.74) is 2.39. The molecule has 0 amide bonds. The van der Waals surface area contributed by atoms with Gasteiger partial charge in [0, 0.05) is 39.3 Å². The summed E-state index contributed by atoms with van der Waals surface area (Å²) in [6.45, 7) is 4.60. The summed E-state index contributed by atoms with van der Waals surface area (Å²) in [6, 6.07) is 8.33. The minimum Gasteiger partial charge on any atom is -0.352 e. The fourth-order valence-electron chi connectivity index (χ4n) is 3.18. The lowest BCUT2D eigenvalue weighted by Gasteiger charge is -2.20. The van der Waals surface area contributed by atoms with E-state index in [0.29, 0.717) is 32.0 Å². The molecule has 2 N–H and O–H groups in total. The van der Waals surface area contributed by atoms with E-state index < -0.39 is 12.7 Å². The molecule has 1 unspecified atom stereocenters. The molecule has 1 aliphatic heterocycles. The van der Waals surface area contributed by atoms with Crippen LogP contribution in [0.1, 0.15) is 24.5 Å². The molecule has 1 saturated heterocycles. The molecule has 0 saturated carbocycles. The molecule has 5 nitrogen and oxygen atoms in total. The molecular formula is C19H30F3N5. The highest BCUT2D eigenvalue weighted by Gasteiger charge is 2.34. The molecule has 27 heavy (non-hydrogen) atoms. The molecule has 0 radical (unpaired) electrons. The van der Waals surface area contributed by atoms with Crippen LogP contribution in [-0.2, 0) is 13.1 Å². The lowest BCUT2D eigenvalue weighted by molar-refractivity contribution is -0.143. The quantitative estimate of drug-likeness (QED) is 0.559. The molecule has 1 aliphatic rings. The van der Waals surface area contributed by atoms with Crippen molar-refractivity contribution in [1.82, 2.24) is 20.4 Å². The highest BCUT2D eigenvalue weighted by Crippen LogP contribution is 2.19. The molecule has 0 aliphatic carbocycles. The molecule has 2 rings (SSSR count). The van der Waals surface area contributed by atoms with Crippen LogP contribution in [0.5, 0.6) is 0 Å². The maximum absolute atomic E-state index is 12.5. The zero-order chi connectivity index (χ0) is 19.9. The van der Waals surface area contributed by atoms with Gasteiger partial charge >= 0.3 is 6.18 Å². The maximum Gasteiger partial charge on any atom is 0.401 e. The first-order chi connectivity index (χ1) is 12.8. The molecule has 0 aromatic heterocycles. The van der Waals surface area contributed by atoms with Crippen molar-refractivity contribution < 1.29 is 13.2 Å². The first-order valence-electron chi connectivity index (χ1n) is 9.31. The zero-order valence-corrected chi connectivity index (χ0v) is 16.3. The number of rotatable bonds is 7. The summed E-state index contributed by atoms with van der Waals surface area (Å²) in [5.74, 6) is 0.616. The minimum absolute atomic E-state index is 0.0249. The third-order valence-corrected chi connectivity index (χ3v) is 4.68. The van der Waals surface area contributed by atoms with Crippen LogP contribution in [0, 0.1) is 0 Å². The van der Waals surface area contributed by atoms with Gasteiger partial charge in [-0.3, -0.25) is 9.89 Å². The fourth-order valence-corrected chi connectivity index (χ4v) is 3.18. The first-order valence-corrected chi connectivity index (χ1v) is 9.31. The third-order valence-electron chi connectivity index (χ3n) is 4.68. The second-order valence-corrected chi connectivity index (χ2v) is 7.06. The number of likely N-dealkylation sites (tertiary alicyclic amines) is 1. The van der Waals surface area contributed by atoms with E-state index in [1.165, 1.54) is 10.5 Å². The Labute approximate surface area is 159 Å². The van der Waals surface area contributed by atoms with Crippen molar-refractivity contribution in [3.8, 4) is 0 Å². The zero-order valence-electron chi connectivity index (χ0n) is 16.3. The average Bonchev–Trinajstić information content (AvgIpc) is 3.03. The summed E-state index contributed by atoms with van der Waals surface area (Å²) in [7, 11) is 3.75. The SMILES string of the molecule is CCN(C)Cc1cccc(CNC(=NC)NC2CCN(CC(F)(F)F)C2)c1. The van der Waals surface area contributed by atoms with Crippen molar-refractivity contribution in [3.05, 3.63) is 35.4 Å². The Morgan fingerprint density at radius 2 is 2.07 bits per heavy atom. The van der Waals surface area contributed by atoms with Crippen LogP contribution in [-0.4, -0.2) is 68.3 Å². The van der Waals surface area contributed by atoms with Gasteiger partial charge in [-0.2, -0.15) is 13.2 Å². The predicted molar refractivity (Wildman–Crippen MR) is 103 cm³/mol. The molecule has 0 spiro atoms. The molecule has 1 aromatic carbocycles. The first kappa shape index (κ1) is 21.5. The van der Waals surface area contributed by atoms with Gasteiger partial charge in [-0.15, -0.1) is 0 Å². The monoisotopic (exact) mass is 385 g/mol. The average molecular weight is 385 g/mol. The number of guanidine groups is 1. The van der Waals surface area contributed by atoms with Gasteiger partial charge in [0.1, 0.15) is 0 Å². The van der Waals surface area contributed by atoms with Gasteiger partial charge in [-0.1, -0.05) is 31.2 Å². The van der Waals surface area contributed by atoms with Gasteiger partial charge < -0.3 is 15.5 Å². The largest absolute Gasteiger partial charge is 0.401 e. The Hall–Kier alpha value is -1.80. The molecule has 0 bridgehead atoms. The second-order valence-electron chi connectivity index (χ2n) is 7.06. The van der Waals surface area contributed by atoms with E-state index in [-0.39, 0.29) is 6.04 Å². The van der Waals surface area contributed by atoms with Crippen molar-refractivity contribution >= 4 is 5.96 Å². The Kier molecular flexibility index (Phi) is 7.91. The number of alkyl halides is 3. The summed E-state index contributed by atoms with van der Waals surface area (Å²) in [4.78, 5) is 7.86. The van der Waals surface area contributed by atoms with Crippen LogP contribution < -0.4 is 10.6 Å². The van der Waals surface area contributed by atoms with E-state index >= 15 is 0 Å². The van der Waals surface area contributed by atoms with E-state index in [0.717, 1.165) is 18.7 Å². The van der Waals surface area contributed by atoms with Crippen molar-refractivity contribution in [2.24, 2.45) is 4.99 Å². The summed E-state index contributed by atoms with van der Waals surface area (Å²) >= 11 is 0. The smallest absolute Gasteiger partial charge is 0.352 e. The van der Waals surface area contributed by atoms with Crippen LogP contribution in [0.3, 0.4) is 0 Å². The minimum atomic E-state index is -4.15. The van der Waals surface area contributed by atoms with E-state index in [2.05, 4.69) is 52.7 Å². The van der Waals surface area contributed by atoms with Gasteiger partial charge in [0.25, 0.3) is 0 Å². The number of aliphatic imine (C=N–C) groups is 1. The third kappa shape index (κ3) is 7.76. The molecular weight excluding hydrogens is 355 g/mol.